The number of carbonyl (C=O) groups is 2. The summed E-state index contributed by atoms with van der Waals surface area (Å²) in [6.07, 6.45) is -1.35. The smallest absolute Gasteiger partial charge is 0.342 e. The van der Waals surface area contributed by atoms with E-state index >= 15 is 0 Å². The molecule has 7 heteroatoms. The van der Waals surface area contributed by atoms with Gasteiger partial charge >= 0.3 is 5.97 Å². The van der Waals surface area contributed by atoms with Crippen LogP contribution >= 0.6 is 0 Å². The molecule has 0 aliphatic rings. The Labute approximate surface area is 165 Å². The van der Waals surface area contributed by atoms with E-state index in [9.17, 15) is 18.4 Å². The highest BCUT2D eigenvalue weighted by atomic mass is 19.1. The van der Waals surface area contributed by atoms with E-state index in [1.807, 2.05) is 0 Å². The molecule has 0 spiro atoms. The molecule has 0 bridgehead atoms. The van der Waals surface area contributed by atoms with Gasteiger partial charge in [-0.2, -0.15) is 0 Å². The van der Waals surface area contributed by atoms with Gasteiger partial charge in [0.25, 0.3) is 5.91 Å². The molecule has 0 radical (unpaired) electrons. The van der Waals surface area contributed by atoms with Gasteiger partial charge in [0.05, 0.1) is 12.7 Å². The van der Waals surface area contributed by atoms with E-state index in [1.165, 1.54) is 7.11 Å². The number of hydrogen-bond donors (Lipinski definition) is 1. The molecule has 148 valence electrons. The summed E-state index contributed by atoms with van der Waals surface area (Å²) in [7, 11) is 1.49. The van der Waals surface area contributed by atoms with Crippen molar-refractivity contribution >= 4 is 17.6 Å². The normalized spacial score (nSPS) is 11.4. The molecule has 3 aromatic carbocycles. The monoisotopic (exact) mass is 397 g/mol. The Bertz CT molecular complexity index is 1020. The molecule has 29 heavy (non-hydrogen) atoms. The second-order valence-corrected chi connectivity index (χ2v) is 6.04. The van der Waals surface area contributed by atoms with Crippen molar-refractivity contribution in [1.29, 1.82) is 0 Å². The SMILES string of the molecule is COc1cccc(NC(=O)C(OC(=O)c2ccc(F)cc2F)c2ccccc2)c1. The average molecular weight is 397 g/mol. The Balaban J connectivity index is 1.86. The molecule has 0 saturated carbocycles. The van der Waals surface area contributed by atoms with Crippen molar-refractivity contribution in [3.63, 3.8) is 0 Å². The highest BCUT2D eigenvalue weighted by Gasteiger charge is 2.27. The zero-order chi connectivity index (χ0) is 20.8. The van der Waals surface area contributed by atoms with Crippen LogP contribution in [0.5, 0.6) is 5.75 Å². The molecule has 1 amide bonds. The van der Waals surface area contributed by atoms with Gasteiger partial charge in [-0.3, -0.25) is 4.79 Å². The lowest BCUT2D eigenvalue weighted by Crippen LogP contribution is -2.26. The number of esters is 1. The lowest BCUT2D eigenvalue weighted by atomic mass is 10.1. The van der Waals surface area contributed by atoms with Crippen molar-refractivity contribution in [2.24, 2.45) is 0 Å². The van der Waals surface area contributed by atoms with Gasteiger partial charge in [0, 0.05) is 23.4 Å². The number of rotatable bonds is 6. The topological polar surface area (TPSA) is 64.6 Å². The molecule has 0 saturated heterocycles. The summed E-state index contributed by atoms with van der Waals surface area (Å²) in [5.74, 6) is -3.09. The molecular formula is C22H17F2NO4. The summed E-state index contributed by atoms with van der Waals surface area (Å²) in [6.45, 7) is 0. The van der Waals surface area contributed by atoms with Crippen molar-refractivity contribution in [2.45, 2.75) is 6.10 Å². The molecule has 0 aliphatic heterocycles. The maximum absolute atomic E-state index is 13.9. The minimum atomic E-state index is -1.35. The first kappa shape index (κ1) is 20.0. The van der Waals surface area contributed by atoms with Crippen LogP contribution in [0.1, 0.15) is 22.0 Å². The number of amides is 1. The molecule has 1 N–H and O–H groups in total. The minimum Gasteiger partial charge on any atom is -0.497 e. The van der Waals surface area contributed by atoms with Crippen LogP contribution in [0, 0.1) is 11.6 Å². The van der Waals surface area contributed by atoms with Gasteiger partial charge in [-0.05, 0) is 24.3 Å². The molecule has 3 rings (SSSR count). The number of hydrogen-bond acceptors (Lipinski definition) is 4. The zero-order valence-electron chi connectivity index (χ0n) is 15.4. The van der Waals surface area contributed by atoms with Crippen molar-refractivity contribution in [3.05, 3.63) is 95.6 Å². The molecule has 0 aromatic heterocycles. The molecule has 0 heterocycles. The predicted molar refractivity (Wildman–Crippen MR) is 103 cm³/mol. The average Bonchev–Trinajstić information content (AvgIpc) is 2.72. The van der Waals surface area contributed by atoms with E-state index in [0.717, 1.165) is 12.1 Å². The van der Waals surface area contributed by atoms with Crippen molar-refractivity contribution < 1.29 is 27.8 Å². The number of nitrogens with one attached hydrogen (secondary N) is 1. The first-order valence-corrected chi connectivity index (χ1v) is 8.64. The maximum atomic E-state index is 13.9. The lowest BCUT2D eigenvalue weighted by molar-refractivity contribution is -0.125. The molecule has 0 fully saturated rings. The Morgan fingerprint density at radius 2 is 1.69 bits per heavy atom. The summed E-state index contributed by atoms with van der Waals surface area (Å²) in [6, 6.07) is 17.4. The number of methoxy groups -OCH3 is 1. The second kappa shape index (κ2) is 8.97. The van der Waals surface area contributed by atoms with Crippen molar-refractivity contribution in [1.82, 2.24) is 0 Å². The summed E-state index contributed by atoms with van der Waals surface area (Å²) in [4.78, 5) is 25.3. The maximum Gasteiger partial charge on any atom is 0.342 e. The van der Waals surface area contributed by atoms with Crippen LogP contribution in [-0.2, 0) is 9.53 Å². The van der Waals surface area contributed by atoms with Gasteiger partial charge < -0.3 is 14.8 Å². The third kappa shape index (κ3) is 4.95. The first-order chi connectivity index (χ1) is 14.0. The van der Waals surface area contributed by atoms with E-state index in [4.69, 9.17) is 9.47 Å². The first-order valence-electron chi connectivity index (χ1n) is 8.64. The van der Waals surface area contributed by atoms with Gasteiger partial charge in [-0.1, -0.05) is 36.4 Å². The predicted octanol–water partition coefficient (Wildman–Crippen LogP) is 4.51. The van der Waals surface area contributed by atoms with Gasteiger partial charge in [-0.25, -0.2) is 13.6 Å². The van der Waals surface area contributed by atoms with E-state index in [-0.39, 0.29) is 0 Å². The summed E-state index contributed by atoms with van der Waals surface area (Å²) in [5, 5.41) is 2.65. The largest absolute Gasteiger partial charge is 0.497 e. The second-order valence-electron chi connectivity index (χ2n) is 6.04. The summed E-state index contributed by atoms with van der Waals surface area (Å²) >= 11 is 0. The number of ether oxygens (including phenoxy) is 2. The summed E-state index contributed by atoms with van der Waals surface area (Å²) < 4.78 is 37.4. The molecular weight excluding hydrogens is 380 g/mol. The number of halogens is 2. The van der Waals surface area contributed by atoms with Crippen molar-refractivity contribution in [3.8, 4) is 5.75 Å². The van der Waals surface area contributed by atoms with Crippen LogP contribution < -0.4 is 10.1 Å². The summed E-state index contributed by atoms with van der Waals surface area (Å²) in [5.41, 5.74) is 0.351. The van der Waals surface area contributed by atoms with Gasteiger partial charge in [0.15, 0.2) is 0 Å². The van der Waals surface area contributed by atoms with E-state index < -0.39 is 35.2 Å². The quantitative estimate of drug-likeness (QED) is 0.622. The Kier molecular flexibility index (Phi) is 6.19. The van der Waals surface area contributed by atoms with E-state index in [0.29, 0.717) is 23.1 Å². The third-order valence-electron chi connectivity index (χ3n) is 4.05. The fourth-order valence-corrected chi connectivity index (χ4v) is 2.63. The lowest BCUT2D eigenvalue weighted by Gasteiger charge is -2.18. The zero-order valence-corrected chi connectivity index (χ0v) is 15.4. The minimum absolute atomic E-state index is 0.392. The van der Waals surface area contributed by atoms with Gasteiger partial charge in [0.2, 0.25) is 6.10 Å². The fraction of sp³-hybridized carbons (Fsp3) is 0.0909. The number of anilines is 1. The fourth-order valence-electron chi connectivity index (χ4n) is 2.63. The number of carbonyl (C=O) groups excluding carboxylic acids is 2. The van der Waals surface area contributed by atoms with Crippen molar-refractivity contribution in [2.75, 3.05) is 12.4 Å². The van der Waals surface area contributed by atoms with Crippen LogP contribution in [0.2, 0.25) is 0 Å². The molecule has 3 aromatic rings. The molecule has 1 atom stereocenters. The highest BCUT2D eigenvalue weighted by Crippen LogP contribution is 2.24. The molecule has 0 aliphatic carbocycles. The molecule has 5 nitrogen and oxygen atoms in total. The molecule has 1 unspecified atom stereocenters. The standard InChI is InChI=1S/C22H17F2NO4/c1-28-17-9-5-8-16(13-17)25-21(26)20(14-6-3-2-4-7-14)29-22(27)18-11-10-15(23)12-19(18)24/h2-13,20H,1H3,(H,25,26). The third-order valence-corrected chi connectivity index (χ3v) is 4.05. The van der Waals surface area contributed by atoms with Crippen LogP contribution in [0.4, 0.5) is 14.5 Å². The Hall–Kier alpha value is -3.74. The van der Waals surface area contributed by atoms with Crippen LogP contribution in [0.3, 0.4) is 0 Å². The highest BCUT2D eigenvalue weighted by molar-refractivity contribution is 5.98. The van der Waals surface area contributed by atoms with Gasteiger partial charge in [-0.15, -0.1) is 0 Å². The number of benzene rings is 3. The Morgan fingerprint density at radius 1 is 0.931 bits per heavy atom. The van der Waals surface area contributed by atoms with Crippen LogP contribution in [0.15, 0.2) is 72.8 Å². The van der Waals surface area contributed by atoms with Crippen LogP contribution in [0.25, 0.3) is 0 Å². The van der Waals surface area contributed by atoms with Crippen LogP contribution in [-0.4, -0.2) is 19.0 Å². The van der Waals surface area contributed by atoms with Gasteiger partial charge in [0.1, 0.15) is 17.4 Å². The van der Waals surface area contributed by atoms with E-state index in [1.54, 1.807) is 54.6 Å². The van der Waals surface area contributed by atoms with E-state index in [2.05, 4.69) is 5.32 Å². The Morgan fingerprint density at radius 3 is 2.38 bits per heavy atom.